The highest BCUT2D eigenvalue weighted by Crippen LogP contribution is 2.17. The van der Waals surface area contributed by atoms with Crippen LogP contribution in [0, 0.1) is 5.92 Å². The highest BCUT2D eigenvalue weighted by Gasteiger charge is 2.16. The summed E-state index contributed by atoms with van der Waals surface area (Å²) < 4.78 is 0. The molecule has 5 heteroatoms. The van der Waals surface area contributed by atoms with Crippen molar-refractivity contribution in [2.75, 3.05) is 13.1 Å². The maximum atomic E-state index is 11.8. The van der Waals surface area contributed by atoms with Gasteiger partial charge in [0, 0.05) is 18.0 Å². The van der Waals surface area contributed by atoms with Gasteiger partial charge in [0.2, 0.25) is 5.91 Å². The largest absolute Gasteiger partial charge is 0.347 e. The maximum Gasteiger partial charge on any atom is 0.220 e. The first-order chi connectivity index (χ1) is 8.75. The van der Waals surface area contributed by atoms with Crippen molar-refractivity contribution in [3.05, 3.63) is 16.6 Å². The first kappa shape index (κ1) is 13.5. The summed E-state index contributed by atoms with van der Waals surface area (Å²) in [5, 5.41) is 9.30. The number of carbonyl (C=O) groups excluding carboxylic acids is 1. The first-order valence-electron chi connectivity index (χ1n) is 6.65. The van der Waals surface area contributed by atoms with Crippen LogP contribution in [0.4, 0.5) is 0 Å². The fraction of sp³-hybridized carbons (Fsp3) is 0.692. The number of carbonyl (C=O) groups is 1. The van der Waals surface area contributed by atoms with Gasteiger partial charge in [-0.2, -0.15) is 0 Å². The van der Waals surface area contributed by atoms with Crippen molar-refractivity contribution in [1.82, 2.24) is 15.6 Å². The van der Waals surface area contributed by atoms with Gasteiger partial charge in [-0.1, -0.05) is 0 Å². The highest BCUT2D eigenvalue weighted by molar-refractivity contribution is 7.09. The van der Waals surface area contributed by atoms with Gasteiger partial charge in [0.05, 0.1) is 6.04 Å². The molecule has 1 aliphatic rings. The minimum atomic E-state index is 0.0296. The maximum absolute atomic E-state index is 11.8. The van der Waals surface area contributed by atoms with E-state index < -0.39 is 0 Å². The van der Waals surface area contributed by atoms with E-state index in [2.05, 4.69) is 15.6 Å². The molecule has 0 radical (unpaired) electrons. The monoisotopic (exact) mass is 267 g/mol. The van der Waals surface area contributed by atoms with Crippen LogP contribution in [0.3, 0.4) is 0 Å². The van der Waals surface area contributed by atoms with E-state index in [1.165, 1.54) is 12.8 Å². The fourth-order valence-corrected chi connectivity index (χ4v) is 2.98. The Morgan fingerprint density at radius 1 is 1.72 bits per heavy atom. The molecule has 2 N–H and O–H groups in total. The number of rotatable bonds is 5. The summed E-state index contributed by atoms with van der Waals surface area (Å²) in [6.45, 7) is 4.18. The molecule has 1 fully saturated rings. The minimum Gasteiger partial charge on any atom is -0.347 e. The van der Waals surface area contributed by atoms with Crippen molar-refractivity contribution in [3.63, 3.8) is 0 Å². The number of aromatic nitrogens is 1. The van der Waals surface area contributed by atoms with Gasteiger partial charge in [0.25, 0.3) is 0 Å². The number of amides is 1. The van der Waals surface area contributed by atoms with Crippen molar-refractivity contribution in [2.24, 2.45) is 5.92 Å². The molecule has 100 valence electrons. The lowest BCUT2D eigenvalue weighted by Gasteiger charge is -2.22. The van der Waals surface area contributed by atoms with Crippen LogP contribution in [-0.2, 0) is 4.79 Å². The van der Waals surface area contributed by atoms with Gasteiger partial charge in [0.15, 0.2) is 0 Å². The van der Waals surface area contributed by atoms with Crippen LogP contribution in [0.2, 0.25) is 0 Å². The van der Waals surface area contributed by atoms with Crippen LogP contribution in [0.1, 0.15) is 43.7 Å². The molecular formula is C13H21N3OS. The highest BCUT2D eigenvalue weighted by atomic mass is 32.1. The van der Waals surface area contributed by atoms with E-state index in [9.17, 15) is 4.79 Å². The third-order valence-electron chi connectivity index (χ3n) is 3.38. The molecule has 2 atom stereocenters. The molecule has 0 aliphatic carbocycles. The predicted octanol–water partition coefficient (Wildman–Crippen LogP) is 2.10. The predicted molar refractivity (Wildman–Crippen MR) is 73.5 cm³/mol. The summed E-state index contributed by atoms with van der Waals surface area (Å²) in [4.78, 5) is 16.0. The van der Waals surface area contributed by atoms with E-state index in [1.54, 1.807) is 17.5 Å². The van der Waals surface area contributed by atoms with Crippen LogP contribution in [-0.4, -0.2) is 24.0 Å². The number of piperidine rings is 1. The summed E-state index contributed by atoms with van der Waals surface area (Å²) in [5.74, 6) is 0.808. The van der Waals surface area contributed by atoms with E-state index in [4.69, 9.17) is 0 Å². The van der Waals surface area contributed by atoms with Crippen molar-refractivity contribution in [1.29, 1.82) is 0 Å². The Morgan fingerprint density at radius 3 is 3.28 bits per heavy atom. The van der Waals surface area contributed by atoms with E-state index in [0.717, 1.165) is 24.5 Å². The molecule has 1 saturated heterocycles. The Hall–Kier alpha value is -0.940. The Balaban J connectivity index is 1.68. The molecule has 2 rings (SSSR count). The molecule has 18 heavy (non-hydrogen) atoms. The molecule has 0 spiro atoms. The topological polar surface area (TPSA) is 54.0 Å². The lowest BCUT2D eigenvalue weighted by molar-refractivity contribution is -0.122. The molecule has 1 aromatic rings. The number of hydrogen-bond acceptors (Lipinski definition) is 4. The third kappa shape index (κ3) is 4.07. The van der Waals surface area contributed by atoms with Crippen LogP contribution in [0.15, 0.2) is 11.6 Å². The summed E-state index contributed by atoms with van der Waals surface area (Å²) in [5.41, 5.74) is 0. The van der Waals surface area contributed by atoms with E-state index in [-0.39, 0.29) is 11.9 Å². The average Bonchev–Trinajstić information content (AvgIpc) is 2.91. The van der Waals surface area contributed by atoms with Crippen molar-refractivity contribution in [3.8, 4) is 0 Å². The van der Waals surface area contributed by atoms with Gasteiger partial charge in [-0.3, -0.25) is 4.79 Å². The molecule has 0 bridgehead atoms. The fourth-order valence-electron chi connectivity index (χ4n) is 2.33. The molecular weight excluding hydrogens is 246 g/mol. The molecule has 2 unspecified atom stereocenters. The second-order valence-corrected chi connectivity index (χ2v) is 5.84. The van der Waals surface area contributed by atoms with Gasteiger partial charge < -0.3 is 10.6 Å². The number of thiazole rings is 1. The third-order valence-corrected chi connectivity index (χ3v) is 4.34. The Kier molecular flexibility index (Phi) is 5.13. The van der Waals surface area contributed by atoms with Crippen LogP contribution >= 0.6 is 11.3 Å². The minimum absolute atomic E-state index is 0.0296. The van der Waals surface area contributed by atoms with Gasteiger partial charge in [-0.15, -0.1) is 11.3 Å². The van der Waals surface area contributed by atoms with Gasteiger partial charge in [0.1, 0.15) is 5.01 Å². The van der Waals surface area contributed by atoms with E-state index in [1.807, 2.05) is 12.3 Å². The average molecular weight is 267 g/mol. The molecule has 0 aromatic carbocycles. The number of nitrogens with one attached hydrogen (secondary N) is 2. The molecule has 1 aliphatic heterocycles. The second-order valence-electron chi connectivity index (χ2n) is 4.91. The Labute approximate surface area is 112 Å². The lowest BCUT2D eigenvalue weighted by atomic mass is 9.94. The van der Waals surface area contributed by atoms with Gasteiger partial charge in [-0.05, 0) is 45.2 Å². The second kappa shape index (κ2) is 6.85. The van der Waals surface area contributed by atoms with Gasteiger partial charge in [-0.25, -0.2) is 4.98 Å². The SMILES string of the molecule is CC(NC(=O)CCC1CCCNC1)c1nccs1. The molecule has 2 heterocycles. The van der Waals surface area contributed by atoms with Crippen LogP contribution in [0.5, 0.6) is 0 Å². The van der Waals surface area contributed by atoms with Crippen LogP contribution < -0.4 is 10.6 Å². The summed E-state index contributed by atoms with van der Waals surface area (Å²) >= 11 is 1.58. The zero-order valence-electron chi connectivity index (χ0n) is 10.8. The summed E-state index contributed by atoms with van der Waals surface area (Å²) in [7, 11) is 0. The zero-order valence-corrected chi connectivity index (χ0v) is 11.6. The Bertz CT molecular complexity index is 360. The zero-order chi connectivity index (χ0) is 12.8. The quantitative estimate of drug-likeness (QED) is 0.859. The smallest absolute Gasteiger partial charge is 0.220 e. The molecule has 1 aromatic heterocycles. The molecule has 0 saturated carbocycles. The molecule has 4 nitrogen and oxygen atoms in total. The van der Waals surface area contributed by atoms with Crippen molar-refractivity contribution < 1.29 is 4.79 Å². The molecule has 1 amide bonds. The van der Waals surface area contributed by atoms with E-state index >= 15 is 0 Å². The summed E-state index contributed by atoms with van der Waals surface area (Å²) in [6.07, 6.45) is 5.88. The Morgan fingerprint density at radius 2 is 2.61 bits per heavy atom. The van der Waals surface area contributed by atoms with Crippen LogP contribution in [0.25, 0.3) is 0 Å². The van der Waals surface area contributed by atoms with Crippen molar-refractivity contribution >= 4 is 17.2 Å². The number of nitrogens with zero attached hydrogens (tertiary/aromatic N) is 1. The lowest BCUT2D eigenvalue weighted by Crippen LogP contribution is -2.31. The number of hydrogen-bond donors (Lipinski definition) is 2. The summed E-state index contributed by atoms with van der Waals surface area (Å²) in [6, 6.07) is 0.0296. The first-order valence-corrected chi connectivity index (χ1v) is 7.53. The van der Waals surface area contributed by atoms with Gasteiger partial charge >= 0.3 is 0 Å². The van der Waals surface area contributed by atoms with E-state index in [0.29, 0.717) is 12.3 Å². The normalized spacial score (nSPS) is 21.5. The van der Waals surface area contributed by atoms with Crippen molar-refractivity contribution in [2.45, 2.75) is 38.6 Å². The standard InChI is InChI=1S/C13H21N3OS/c1-10(13-15-7-8-18-13)16-12(17)5-4-11-3-2-6-14-9-11/h7-8,10-11,14H,2-6,9H2,1H3,(H,16,17).